The van der Waals surface area contributed by atoms with E-state index < -0.39 is 11.6 Å². The van der Waals surface area contributed by atoms with Gasteiger partial charge in [0.15, 0.2) is 5.79 Å². The maximum Gasteiger partial charge on any atom is 0.235 e. The topological polar surface area (TPSA) is 44.8 Å². The largest absolute Gasteiger partial charge is 0.346 e. The first-order chi connectivity index (χ1) is 7.75. The van der Waals surface area contributed by atoms with Gasteiger partial charge in [-0.3, -0.25) is 4.79 Å². The molecule has 3 heterocycles. The monoisotopic (exact) mass is 224 g/mol. The van der Waals surface area contributed by atoms with E-state index in [4.69, 9.17) is 14.2 Å². The molecule has 0 aromatic carbocycles. The van der Waals surface area contributed by atoms with Crippen molar-refractivity contribution in [2.24, 2.45) is 0 Å². The predicted molar refractivity (Wildman–Crippen MR) is 55.7 cm³/mol. The molecule has 2 atom stereocenters. The van der Waals surface area contributed by atoms with Gasteiger partial charge in [-0.05, 0) is 31.4 Å². The molecular formula is C12H16O4. The van der Waals surface area contributed by atoms with E-state index in [1.165, 1.54) is 0 Å². The van der Waals surface area contributed by atoms with Crippen LogP contribution in [0.3, 0.4) is 0 Å². The number of rotatable bonds is 0. The van der Waals surface area contributed by atoms with Crippen LogP contribution in [0.1, 0.15) is 32.1 Å². The van der Waals surface area contributed by atoms with E-state index in [0.717, 1.165) is 25.7 Å². The average Bonchev–Trinajstić information content (AvgIpc) is 2.75. The van der Waals surface area contributed by atoms with Crippen molar-refractivity contribution in [3.63, 3.8) is 0 Å². The maximum absolute atomic E-state index is 11.9. The normalized spacial score (nSPS) is 43.4. The van der Waals surface area contributed by atoms with Crippen LogP contribution in [0, 0.1) is 0 Å². The molecule has 0 N–H and O–H groups in total. The standard InChI is InChI=1S/C12H16O4/c13-10-4-7-11(5-1-2-8-14-11)16-12(10)6-3-9-15-12/h4,7H,1-3,5-6,8-9H2. The van der Waals surface area contributed by atoms with E-state index >= 15 is 0 Å². The molecule has 4 nitrogen and oxygen atoms in total. The summed E-state index contributed by atoms with van der Waals surface area (Å²) in [4.78, 5) is 11.9. The van der Waals surface area contributed by atoms with Gasteiger partial charge >= 0.3 is 0 Å². The summed E-state index contributed by atoms with van der Waals surface area (Å²) in [5, 5.41) is 0. The van der Waals surface area contributed by atoms with Crippen LogP contribution >= 0.6 is 0 Å². The molecule has 3 aliphatic heterocycles. The summed E-state index contributed by atoms with van der Waals surface area (Å²) in [6.45, 7) is 1.28. The number of ether oxygens (including phenoxy) is 3. The fourth-order valence-corrected chi connectivity index (χ4v) is 2.58. The van der Waals surface area contributed by atoms with Crippen LogP contribution < -0.4 is 0 Å². The summed E-state index contributed by atoms with van der Waals surface area (Å²) in [6, 6.07) is 0. The van der Waals surface area contributed by atoms with Gasteiger partial charge < -0.3 is 14.2 Å². The summed E-state index contributed by atoms with van der Waals surface area (Å²) in [7, 11) is 0. The molecule has 2 unspecified atom stereocenters. The Labute approximate surface area is 94.5 Å². The Bertz CT molecular complexity index is 322. The average molecular weight is 224 g/mol. The lowest BCUT2D eigenvalue weighted by Gasteiger charge is -2.43. The molecule has 0 amide bonds. The van der Waals surface area contributed by atoms with E-state index in [1.54, 1.807) is 12.2 Å². The van der Waals surface area contributed by atoms with Gasteiger partial charge in [-0.25, -0.2) is 0 Å². The van der Waals surface area contributed by atoms with Gasteiger partial charge in [-0.1, -0.05) is 0 Å². The zero-order chi connectivity index (χ0) is 11.1. The number of carbonyl (C=O) groups excluding carboxylic acids is 1. The molecule has 3 rings (SSSR count). The van der Waals surface area contributed by atoms with Crippen LogP contribution in [0.15, 0.2) is 12.2 Å². The Hall–Kier alpha value is -0.710. The van der Waals surface area contributed by atoms with Gasteiger partial charge in [0.1, 0.15) is 0 Å². The second-order valence-electron chi connectivity index (χ2n) is 4.62. The van der Waals surface area contributed by atoms with E-state index in [2.05, 4.69) is 0 Å². The van der Waals surface area contributed by atoms with Crippen LogP contribution in [0.5, 0.6) is 0 Å². The maximum atomic E-state index is 11.9. The van der Waals surface area contributed by atoms with Crippen molar-refractivity contribution in [3.8, 4) is 0 Å². The molecule has 0 aromatic heterocycles. The summed E-state index contributed by atoms with van der Waals surface area (Å²) in [5.74, 6) is -1.84. The van der Waals surface area contributed by atoms with Crippen LogP contribution in [-0.2, 0) is 19.0 Å². The molecule has 3 aliphatic rings. The highest BCUT2D eigenvalue weighted by Gasteiger charge is 2.52. The van der Waals surface area contributed by atoms with Crippen LogP contribution in [0.4, 0.5) is 0 Å². The third-order valence-electron chi connectivity index (χ3n) is 3.45. The summed E-state index contributed by atoms with van der Waals surface area (Å²) in [6.07, 6.45) is 7.76. The molecule has 0 radical (unpaired) electrons. The lowest BCUT2D eigenvalue weighted by molar-refractivity contribution is -0.326. The lowest BCUT2D eigenvalue weighted by Crippen LogP contribution is -2.53. The van der Waals surface area contributed by atoms with E-state index in [-0.39, 0.29) is 5.78 Å². The van der Waals surface area contributed by atoms with Crippen LogP contribution in [0.2, 0.25) is 0 Å². The van der Waals surface area contributed by atoms with Gasteiger partial charge in [0.2, 0.25) is 11.6 Å². The zero-order valence-corrected chi connectivity index (χ0v) is 9.24. The van der Waals surface area contributed by atoms with Gasteiger partial charge in [-0.15, -0.1) is 0 Å². The molecule has 4 heteroatoms. The third kappa shape index (κ3) is 1.52. The number of carbonyl (C=O) groups is 1. The number of hydrogen-bond acceptors (Lipinski definition) is 4. The second kappa shape index (κ2) is 3.65. The number of ketones is 1. The first-order valence-electron chi connectivity index (χ1n) is 5.97. The third-order valence-corrected chi connectivity index (χ3v) is 3.45. The first-order valence-corrected chi connectivity index (χ1v) is 5.97. The molecule has 0 aromatic rings. The Morgan fingerprint density at radius 3 is 2.62 bits per heavy atom. The molecule has 0 saturated carbocycles. The van der Waals surface area contributed by atoms with Crippen molar-refractivity contribution < 1.29 is 19.0 Å². The summed E-state index contributed by atoms with van der Waals surface area (Å²) in [5.41, 5.74) is 0. The Kier molecular flexibility index (Phi) is 2.38. The van der Waals surface area contributed by atoms with Crippen molar-refractivity contribution in [3.05, 3.63) is 12.2 Å². The van der Waals surface area contributed by atoms with Crippen molar-refractivity contribution >= 4 is 5.78 Å². The second-order valence-corrected chi connectivity index (χ2v) is 4.62. The fraction of sp³-hybridized carbons (Fsp3) is 0.750. The van der Waals surface area contributed by atoms with E-state index in [0.29, 0.717) is 19.6 Å². The van der Waals surface area contributed by atoms with Crippen molar-refractivity contribution in [2.45, 2.75) is 43.7 Å². The van der Waals surface area contributed by atoms with Gasteiger partial charge in [0.25, 0.3) is 0 Å². The molecule has 16 heavy (non-hydrogen) atoms. The highest BCUT2D eigenvalue weighted by molar-refractivity contribution is 5.97. The number of hydrogen-bond donors (Lipinski definition) is 0. The summed E-state index contributed by atoms with van der Waals surface area (Å²) >= 11 is 0. The van der Waals surface area contributed by atoms with Gasteiger partial charge in [0.05, 0.1) is 13.2 Å². The van der Waals surface area contributed by atoms with Crippen molar-refractivity contribution in [1.82, 2.24) is 0 Å². The van der Waals surface area contributed by atoms with Crippen LogP contribution in [0.25, 0.3) is 0 Å². The Balaban J connectivity index is 1.88. The highest BCUT2D eigenvalue weighted by Crippen LogP contribution is 2.41. The minimum Gasteiger partial charge on any atom is -0.346 e. The zero-order valence-electron chi connectivity index (χ0n) is 9.24. The smallest absolute Gasteiger partial charge is 0.235 e. The van der Waals surface area contributed by atoms with E-state index in [9.17, 15) is 4.79 Å². The molecule has 0 bridgehead atoms. The van der Waals surface area contributed by atoms with Gasteiger partial charge in [0, 0.05) is 12.8 Å². The molecule has 88 valence electrons. The SMILES string of the molecule is O=C1C=CC2(CCCCO2)OC12CCCO2. The molecule has 2 spiro atoms. The fourth-order valence-electron chi connectivity index (χ4n) is 2.58. The quantitative estimate of drug-likeness (QED) is 0.626. The van der Waals surface area contributed by atoms with E-state index in [1.807, 2.05) is 0 Å². The Morgan fingerprint density at radius 1 is 1.06 bits per heavy atom. The minimum absolute atomic E-state index is 0.0789. The predicted octanol–water partition coefficient (Wildman–Crippen LogP) is 1.55. The minimum atomic E-state index is -1.05. The summed E-state index contributed by atoms with van der Waals surface area (Å²) < 4.78 is 17.1. The van der Waals surface area contributed by atoms with Crippen LogP contribution in [-0.4, -0.2) is 30.6 Å². The molecule has 0 aliphatic carbocycles. The molecule has 2 fully saturated rings. The van der Waals surface area contributed by atoms with Crippen molar-refractivity contribution in [1.29, 1.82) is 0 Å². The highest BCUT2D eigenvalue weighted by atomic mass is 16.8. The molecular weight excluding hydrogens is 208 g/mol. The van der Waals surface area contributed by atoms with Gasteiger partial charge in [-0.2, -0.15) is 0 Å². The Morgan fingerprint density at radius 2 is 1.94 bits per heavy atom. The molecule has 2 saturated heterocycles. The first kappa shape index (κ1) is 10.4. The van der Waals surface area contributed by atoms with Crippen molar-refractivity contribution in [2.75, 3.05) is 13.2 Å². The lowest BCUT2D eigenvalue weighted by atomic mass is 9.97.